The Balaban J connectivity index is 2.02. The van der Waals surface area contributed by atoms with Crippen LogP contribution in [0, 0.1) is 18.3 Å². The van der Waals surface area contributed by atoms with E-state index in [2.05, 4.69) is 0 Å². The Morgan fingerprint density at radius 1 is 1.12 bits per heavy atom. The van der Waals surface area contributed by atoms with Crippen molar-refractivity contribution in [2.45, 2.75) is 18.2 Å². The van der Waals surface area contributed by atoms with Crippen molar-refractivity contribution < 1.29 is 14.3 Å². The second-order valence-electron chi connectivity index (χ2n) is 5.59. The van der Waals surface area contributed by atoms with E-state index in [1.54, 1.807) is 23.9 Å². The van der Waals surface area contributed by atoms with Gasteiger partial charge in [-0.3, -0.25) is 4.79 Å². The molecule has 0 aliphatic carbocycles. The molecule has 0 bridgehead atoms. The molecule has 0 fully saturated rings. The molecule has 5 nitrogen and oxygen atoms in total. The maximum absolute atomic E-state index is 12.5. The van der Waals surface area contributed by atoms with Gasteiger partial charge < -0.3 is 9.64 Å². The molecule has 0 unspecified atom stereocenters. The van der Waals surface area contributed by atoms with E-state index in [0.29, 0.717) is 11.3 Å². The van der Waals surface area contributed by atoms with Crippen LogP contribution in [0.2, 0.25) is 0 Å². The zero-order valence-electron chi connectivity index (χ0n) is 14.8. The molecule has 1 amide bonds. The molecule has 0 saturated carbocycles. The molecule has 0 heterocycles. The summed E-state index contributed by atoms with van der Waals surface area (Å²) in [5.74, 6) is -0.909. The van der Waals surface area contributed by atoms with Gasteiger partial charge in [-0.05, 0) is 49.6 Å². The van der Waals surface area contributed by atoms with E-state index in [0.717, 1.165) is 10.5 Å². The van der Waals surface area contributed by atoms with Crippen LogP contribution >= 0.6 is 11.8 Å². The Morgan fingerprint density at radius 2 is 1.77 bits per heavy atom. The van der Waals surface area contributed by atoms with Crippen molar-refractivity contribution in [3.63, 3.8) is 0 Å². The first-order valence-corrected chi connectivity index (χ1v) is 9.33. The number of hydrogen-bond donors (Lipinski definition) is 0. The highest BCUT2D eigenvalue weighted by Crippen LogP contribution is 2.17. The molecule has 0 aliphatic rings. The summed E-state index contributed by atoms with van der Waals surface area (Å²) in [6.07, 6.45) is 2.15. The summed E-state index contributed by atoms with van der Waals surface area (Å²) in [4.78, 5) is 27.1. The lowest BCUT2D eigenvalue weighted by molar-refractivity contribution is -0.121. The quantitative estimate of drug-likeness (QED) is 0.549. The molecule has 2 aromatic rings. The van der Waals surface area contributed by atoms with Crippen molar-refractivity contribution in [2.24, 2.45) is 0 Å². The number of anilines is 1. The van der Waals surface area contributed by atoms with E-state index in [1.165, 1.54) is 4.90 Å². The average molecular weight is 368 g/mol. The van der Waals surface area contributed by atoms with Gasteiger partial charge in [-0.15, -0.1) is 11.8 Å². The molecular formula is C20H20N2O3S. The van der Waals surface area contributed by atoms with Crippen LogP contribution in [-0.2, 0) is 9.53 Å². The summed E-state index contributed by atoms with van der Waals surface area (Å²) in [6.45, 7) is 1.83. The van der Waals surface area contributed by atoms with Crippen LogP contribution in [0.4, 0.5) is 5.69 Å². The van der Waals surface area contributed by atoms with E-state index < -0.39 is 5.97 Å². The summed E-state index contributed by atoms with van der Waals surface area (Å²) < 4.78 is 5.15. The number of aryl methyl sites for hydroxylation is 1. The van der Waals surface area contributed by atoms with E-state index in [-0.39, 0.29) is 25.5 Å². The minimum atomic E-state index is -0.546. The van der Waals surface area contributed by atoms with Gasteiger partial charge >= 0.3 is 5.97 Å². The molecule has 26 heavy (non-hydrogen) atoms. The summed E-state index contributed by atoms with van der Waals surface area (Å²) >= 11 is 1.58. The van der Waals surface area contributed by atoms with Gasteiger partial charge in [0.05, 0.1) is 18.1 Å². The Hall–Kier alpha value is -2.78. The van der Waals surface area contributed by atoms with Crippen molar-refractivity contribution in [1.82, 2.24) is 0 Å². The number of esters is 1. The second kappa shape index (κ2) is 9.64. The first kappa shape index (κ1) is 19.5. The molecule has 0 aliphatic heterocycles. The number of rotatable bonds is 7. The SMILES string of the molecule is CSc1ccc(C(=O)OCC(=O)N(CCC#N)c2ccc(C)cc2)cc1. The first-order chi connectivity index (χ1) is 12.5. The minimum Gasteiger partial charge on any atom is -0.452 e. The molecule has 0 radical (unpaired) electrons. The standard InChI is InChI=1S/C20H20N2O3S/c1-15-4-8-17(9-5-15)22(13-3-12-21)19(23)14-25-20(24)16-6-10-18(26-2)11-7-16/h4-11H,3,13-14H2,1-2H3. The van der Waals surface area contributed by atoms with Crippen LogP contribution in [0.3, 0.4) is 0 Å². The van der Waals surface area contributed by atoms with Gasteiger partial charge in [-0.2, -0.15) is 5.26 Å². The Morgan fingerprint density at radius 3 is 2.35 bits per heavy atom. The summed E-state index contributed by atoms with van der Waals surface area (Å²) in [6, 6.07) is 16.4. The highest BCUT2D eigenvalue weighted by molar-refractivity contribution is 7.98. The smallest absolute Gasteiger partial charge is 0.338 e. The molecule has 2 aromatic carbocycles. The largest absolute Gasteiger partial charge is 0.452 e. The van der Waals surface area contributed by atoms with Crippen LogP contribution < -0.4 is 4.90 Å². The predicted molar refractivity (Wildman–Crippen MR) is 102 cm³/mol. The normalized spacial score (nSPS) is 10.0. The van der Waals surface area contributed by atoms with Gasteiger partial charge in [-0.25, -0.2) is 4.79 Å². The van der Waals surface area contributed by atoms with Gasteiger partial charge in [0.25, 0.3) is 5.91 Å². The van der Waals surface area contributed by atoms with Crippen molar-refractivity contribution >= 4 is 29.3 Å². The third-order valence-corrected chi connectivity index (χ3v) is 4.49. The Labute approximate surface area is 157 Å². The maximum Gasteiger partial charge on any atom is 0.338 e. The van der Waals surface area contributed by atoms with E-state index in [4.69, 9.17) is 10.00 Å². The fraction of sp³-hybridized carbons (Fsp3) is 0.250. The first-order valence-electron chi connectivity index (χ1n) is 8.10. The van der Waals surface area contributed by atoms with Crippen LogP contribution in [0.1, 0.15) is 22.3 Å². The van der Waals surface area contributed by atoms with Crippen molar-refractivity contribution in [1.29, 1.82) is 5.26 Å². The molecule has 134 valence electrons. The molecule has 2 rings (SSSR count). The van der Waals surface area contributed by atoms with Crippen molar-refractivity contribution in [3.05, 3.63) is 59.7 Å². The predicted octanol–water partition coefficient (Wildman–Crippen LogP) is 3.82. The molecular weight excluding hydrogens is 348 g/mol. The molecule has 0 aromatic heterocycles. The van der Waals surface area contributed by atoms with Gasteiger partial charge in [0.1, 0.15) is 0 Å². The van der Waals surface area contributed by atoms with Gasteiger partial charge in [0.15, 0.2) is 6.61 Å². The van der Waals surface area contributed by atoms with Crippen molar-refractivity contribution in [2.75, 3.05) is 24.3 Å². The number of nitriles is 1. The highest BCUT2D eigenvalue weighted by atomic mass is 32.2. The lowest BCUT2D eigenvalue weighted by Crippen LogP contribution is -2.35. The molecule has 0 N–H and O–H groups in total. The van der Waals surface area contributed by atoms with Gasteiger partial charge in [0.2, 0.25) is 0 Å². The van der Waals surface area contributed by atoms with Crippen molar-refractivity contribution in [3.8, 4) is 6.07 Å². The van der Waals surface area contributed by atoms with E-state index in [9.17, 15) is 9.59 Å². The number of thioether (sulfide) groups is 1. The zero-order valence-corrected chi connectivity index (χ0v) is 15.6. The number of carbonyl (C=O) groups excluding carboxylic acids is 2. The lowest BCUT2D eigenvalue weighted by Gasteiger charge is -2.21. The Bertz CT molecular complexity index is 795. The molecule has 0 saturated heterocycles. The van der Waals surface area contributed by atoms with Crippen LogP contribution in [0.15, 0.2) is 53.4 Å². The van der Waals surface area contributed by atoms with Crippen LogP contribution in [0.25, 0.3) is 0 Å². The molecule has 0 spiro atoms. The van der Waals surface area contributed by atoms with Gasteiger partial charge in [0, 0.05) is 17.1 Å². The zero-order chi connectivity index (χ0) is 18.9. The van der Waals surface area contributed by atoms with E-state index >= 15 is 0 Å². The number of amides is 1. The average Bonchev–Trinajstić information content (AvgIpc) is 2.67. The maximum atomic E-state index is 12.5. The monoisotopic (exact) mass is 368 g/mol. The third kappa shape index (κ3) is 5.36. The lowest BCUT2D eigenvalue weighted by atomic mass is 10.2. The third-order valence-electron chi connectivity index (χ3n) is 3.75. The fourth-order valence-electron chi connectivity index (χ4n) is 2.30. The highest BCUT2D eigenvalue weighted by Gasteiger charge is 2.18. The van der Waals surface area contributed by atoms with Gasteiger partial charge in [-0.1, -0.05) is 17.7 Å². The number of hydrogen-bond acceptors (Lipinski definition) is 5. The minimum absolute atomic E-state index is 0.198. The summed E-state index contributed by atoms with van der Waals surface area (Å²) in [7, 11) is 0. The molecule has 0 atom stereocenters. The number of carbonyl (C=O) groups is 2. The van der Waals surface area contributed by atoms with Crippen LogP contribution in [-0.4, -0.2) is 31.3 Å². The topological polar surface area (TPSA) is 70.4 Å². The number of ether oxygens (including phenoxy) is 1. The fourth-order valence-corrected chi connectivity index (χ4v) is 2.71. The second-order valence-corrected chi connectivity index (χ2v) is 6.47. The van der Waals surface area contributed by atoms with E-state index in [1.807, 2.05) is 55.6 Å². The Kier molecular flexibility index (Phi) is 7.24. The number of benzene rings is 2. The molecule has 6 heteroatoms. The summed E-state index contributed by atoms with van der Waals surface area (Å²) in [5.41, 5.74) is 2.15. The number of nitrogens with zero attached hydrogens (tertiary/aromatic N) is 2. The summed E-state index contributed by atoms with van der Waals surface area (Å²) in [5, 5.41) is 8.82. The van der Waals surface area contributed by atoms with Crippen LogP contribution in [0.5, 0.6) is 0 Å².